The van der Waals surface area contributed by atoms with E-state index in [9.17, 15) is 0 Å². The van der Waals surface area contributed by atoms with Crippen molar-refractivity contribution in [1.29, 1.82) is 0 Å². The van der Waals surface area contributed by atoms with Gasteiger partial charge in [-0.15, -0.1) is 0 Å². The highest BCUT2D eigenvalue weighted by atomic mass is 16.7. The van der Waals surface area contributed by atoms with Crippen LogP contribution in [0.25, 0.3) is 0 Å². The number of ether oxygens (including phenoxy) is 3. The van der Waals surface area contributed by atoms with Crippen molar-refractivity contribution in [1.82, 2.24) is 0 Å². The third-order valence-corrected chi connectivity index (χ3v) is 2.82. The molecule has 0 aliphatic carbocycles. The van der Waals surface area contributed by atoms with Gasteiger partial charge in [0, 0.05) is 45.4 Å². The minimum Gasteiger partial charge on any atom is -0.449 e. The largest absolute Gasteiger partial charge is 0.449 e. The third-order valence-electron chi connectivity index (χ3n) is 2.82. The molecule has 4 nitrogen and oxygen atoms in total. The summed E-state index contributed by atoms with van der Waals surface area (Å²) < 4.78 is 16.4. The summed E-state index contributed by atoms with van der Waals surface area (Å²) in [5.41, 5.74) is 1.04. The van der Waals surface area contributed by atoms with Gasteiger partial charge in [-0.2, -0.15) is 0 Å². The van der Waals surface area contributed by atoms with Crippen LogP contribution in [-0.4, -0.2) is 25.5 Å². The van der Waals surface area contributed by atoms with Crippen molar-refractivity contribution in [3.05, 3.63) is 18.2 Å². The molecule has 4 heteroatoms. The summed E-state index contributed by atoms with van der Waals surface area (Å²) in [6.45, 7) is 6.70. The molecule has 0 aromatic heterocycles. The summed E-state index contributed by atoms with van der Waals surface area (Å²) >= 11 is 0. The number of anilines is 1. The lowest BCUT2D eigenvalue weighted by Crippen LogP contribution is -2.29. The molecule has 0 saturated carbocycles. The Kier molecular flexibility index (Phi) is 3.66. The van der Waals surface area contributed by atoms with Crippen molar-refractivity contribution >= 4 is 5.69 Å². The quantitative estimate of drug-likeness (QED) is 0.873. The smallest absolute Gasteiger partial charge is 0.246 e. The summed E-state index contributed by atoms with van der Waals surface area (Å²) in [6.07, 6.45) is 0.969. The second-order valence-electron chi connectivity index (χ2n) is 5.09. The van der Waals surface area contributed by atoms with Gasteiger partial charge in [0.25, 0.3) is 0 Å². The molecule has 0 radical (unpaired) electrons. The second-order valence-corrected chi connectivity index (χ2v) is 5.09. The van der Waals surface area contributed by atoms with Gasteiger partial charge < -0.3 is 19.5 Å². The molecule has 0 amide bonds. The van der Waals surface area contributed by atoms with Gasteiger partial charge in [-0.3, -0.25) is 0 Å². The van der Waals surface area contributed by atoms with Crippen LogP contribution in [0.15, 0.2) is 18.2 Å². The first-order chi connectivity index (χ1) is 8.50. The Hall–Kier alpha value is -1.42. The van der Waals surface area contributed by atoms with E-state index in [0.717, 1.165) is 30.2 Å². The van der Waals surface area contributed by atoms with E-state index in [1.807, 2.05) is 32.0 Å². The SMILES string of the molecule is COCCC(C)Nc1ccc2c(c1)OC(C)(C)O2. The minimum atomic E-state index is -0.567. The highest BCUT2D eigenvalue weighted by molar-refractivity contribution is 5.56. The van der Waals surface area contributed by atoms with Gasteiger partial charge in [0.2, 0.25) is 5.79 Å². The molecule has 18 heavy (non-hydrogen) atoms. The van der Waals surface area contributed by atoms with Crippen molar-refractivity contribution < 1.29 is 14.2 Å². The summed E-state index contributed by atoms with van der Waals surface area (Å²) in [4.78, 5) is 0. The van der Waals surface area contributed by atoms with E-state index >= 15 is 0 Å². The van der Waals surface area contributed by atoms with Crippen molar-refractivity contribution in [2.45, 2.75) is 39.0 Å². The fraction of sp³-hybridized carbons (Fsp3) is 0.571. The molecule has 0 saturated heterocycles. The first-order valence-corrected chi connectivity index (χ1v) is 6.28. The Bertz CT molecular complexity index is 418. The molecule has 2 rings (SSSR count). The summed E-state index contributed by atoms with van der Waals surface area (Å²) in [5, 5.41) is 3.42. The van der Waals surface area contributed by atoms with Gasteiger partial charge in [0.05, 0.1) is 0 Å². The summed E-state index contributed by atoms with van der Waals surface area (Å²) in [5.74, 6) is 1.03. The fourth-order valence-electron chi connectivity index (χ4n) is 1.96. The van der Waals surface area contributed by atoms with Crippen LogP contribution in [0.4, 0.5) is 5.69 Å². The maximum Gasteiger partial charge on any atom is 0.246 e. The van der Waals surface area contributed by atoms with Gasteiger partial charge in [-0.05, 0) is 25.5 Å². The Morgan fingerprint density at radius 1 is 1.28 bits per heavy atom. The molecule has 1 aromatic carbocycles. The van der Waals surface area contributed by atoms with Crippen LogP contribution in [0, 0.1) is 0 Å². The van der Waals surface area contributed by atoms with Crippen LogP contribution in [0.2, 0.25) is 0 Å². The number of rotatable bonds is 5. The molecule has 1 atom stereocenters. The van der Waals surface area contributed by atoms with Crippen LogP contribution in [-0.2, 0) is 4.74 Å². The molecule has 0 spiro atoms. The van der Waals surface area contributed by atoms with E-state index in [2.05, 4.69) is 12.2 Å². The van der Waals surface area contributed by atoms with Gasteiger partial charge >= 0.3 is 0 Å². The van der Waals surface area contributed by atoms with Gasteiger partial charge in [-0.1, -0.05) is 0 Å². The standard InChI is InChI=1S/C14H21NO3/c1-10(7-8-16-4)15-11-5-6-12-13(9-11)18-14(2,3)17-12/h5-6,9-10,15H,7-8H2,1-4H3. The Labute approximate surface area is 108 Å². The number of benzene rings is 1. The van der Waals surface area contributed by atoms with Crippen LogP contribution in [0.3, 0.4) is 0 Å². The number of nitrogens with one attached hydrogen (secondary N) is 1. The molecule has 1 heterocycles. The zero-order chi connectivity index (χ0) is 13.2. The first-order valence-electron chi connectivity index (χ1n) is 6.28. The van der Waals surface area contributed by atoms with Gasteiger partial charge in [0.1, 0.15) is 0 Å². The zero-order valence-corrected chi connectivity index (χ0v) is 11.4. The highest BCUT2D eigenvalue weighted by Crippen LogP contribution is 2.40. The third kappa shape index (κ3) is 3.07. The molecular formula is C14H21NO3. The predicted molar refractivity (Wildman–Crippen MR) is 71.4 cm³/mol. The van der Waals surface area contributed by atoms with E-state index in [0.29, 0.717) is 6.04 Å². The number of methoxy groups -OCH3 is 1. The van der Waals surface area contributed by atoms with E-state index < -0.39 is 5.79 Å². The Balaban J connectivity index is 2.00. The van der Waals surface area contributed by atoms with Crippen molar-refractivity contribution in [3.63, 3.8) is 0 Å². The molecule has 1 unspecified atom stereocenters. The summed E-state index contributed by atoms with van der Waals surface area (Å²) in [6, 6.07) is 6.29. The zero-order valence-electron chi connectivity index (χ0n) is 11.4. The number of hydrogen-bond donors (Lipinski definition) is 1. The predicted octanol–water partition coefficient (Wildman–Crippen LogP) is 3.03. The average Bonchev–Trinajstić information content (AvgIpc) is 2.59. The van der Waals surface area contributed by atoms with E-state index in [1.165, 1.54) is 0 Å². The van der Waals surface area contributed by atoms with Crippen LogP contribution >= 0.6 is 0 Å². The molecular weight excluding hydrogens is 230 g/mol. The van der Waals surface area contributed by atoms with Crippen LogP contribution < -0.4 is 14.8 Å². The maximum atomic E-state index is 5.71. The summed E-state index contributed by atoms with van der Waals surface area (Å²) in [7, 11) is 1.72. The van der Waals surface area contributed by atoms with Crippen molar-refractivity contribution in [2.24, 2.45) is 0 Å². The lowest BCUT2D eigenvalue weighted by Gasteiger charge is -2.16. The number of fused-ring (bicyclic) bond motifs is 1. The van der Waals surface area contributed by atoms with Gasteiger partial charge in [-0.25, -0.2) is 0 Å². The second kappa shape index (κ2) is 5.06. The van der Waals surface area contributed by atoms with E-state index in [-0.39, 0.29) is 0 Å². The lowest BCUT2D eigenvalue weighted by molar-refractivity contribution is -0.0431. The normalized spacial score (nSPS) is 17.6. The average molecular weight is 251 g/mol. The molecule has 1 aliphatic heterocycles. The molecule has 0 fully saturated rings. The molecule has 1 aliphatic rings. The Morgan fingerprint density at radius 3 is 2.72 bits per heavy atom. The van der Waals surface area contributed by atoms with Crippen molar-refractivity contribution in [2.75, 3.05) is 19.0 Å². The lowest BCUT2D eigenvalue weighted by atomic mass is 10.2. The van der Waals surface area contributed by atoms with Crippen LogP contribution in [0.5, 0.6) is 11.5 Å². The first kappa shape index (κ1) is 13.0. The highest BCUT2D eigenvalue weighted by Gasteiger charge is 2.31. The molecule has 100 valence electrons. The topological polar surface area (TPSA) is 39.7 Å². The van der Waals surface area contributed by atoms with E-state index in [1.54, 1.807) is 7.11 Å². The van der Waals surface area contributed by atoms with Gasteiger partial charge in [0.15, 0.2) is 11.5 Å². The monoisotopic (exact) mass is 251 g/mol. The van der Waals surface area contributed by atoms with Crippen LogP contribution in [0.1, 0.15) is 27.2 Å². The molecule has 1 aromatic rings. The van der Waals surface area contributed by atoms with Crippen molar-refractivity contribution in [3.8, 4) is 11.5 Å². The minimum absolute atomic E-state index is 0.360. The fourth-order valence-corrected chi connectivity index (χ4v) is 1.96. The molecule has 1 N–H and O–H groups in total. The maximum absolute atomic E-state index is 5.71. The van der Waals surface area contributed by atoms with E-state index in [4.69, 9.17) is 14.2 Å². The molecule has 0 bridgehead atoms. The number of hydrogen-bond acceptors (Lipinski definition) is 4. The Morgan fingerprint density at radius 2 is 2.00 bits per heavy atom.